The van der Waals surface area contributed by atoms with Gasteiger partial charge in [0.15, 0.2) is 0 Å². The lowest BCUT2D eigenvalue weighted by Gasteiger charge is -2.24. The Balaban J connectivity index is 2.42. The molecule has 5 nitrogen and oxygen atoms in total. The summed E-state index contributed by atoms with van der Waals surface area (Å²) in [7, 11) is 0. The van der Waals surface area contributed by atoms with Gasteiger partial charge in [0.2, 0.25) is 5.91 Å². The quantitative estimate of drug-likeness (QED) is 0.620. The van der Waals surface area contributed by atoms with Crippen LogP contribution >= 0.6 is 0 Å². The van der Waals surface area contributed by atoms with Crippen LogP contribution in [-0.4, -0.2) is 35.6 Å². The Morgan fingerprint density at radius 1 is 1.53 bits per heavy atom. The van der Waals surface area contributed by atoms with Gasteiger partial charge in [-0.05, 0) is 25.8 Å². The Kier molecular flexibility index (Phi) is 4.55. The average molecular weight is 214 g/mol. The molecule has 0 aromatic carbocycles. The molecular weight excluding hydrogens is 196 g/mol. The Labute approximate surface area is 89.2 Å². The van der Waals surface area contributed by atoms with Crippen molar-refractivity contribution in [2.24, 2.45) is 0 Å². The van der Waals surface area contributed by atoms with Crippen LogP contribution in [0.2, 0.25) is 0 Å². The van der Waals surface area contributed by atoms with E-state index >= 15 is 0 Å². The lowest BCUT2D eigenvalue weighted by molar-refractivity contribution is -0.142. The average Bonchev–Trinajstić information content (AvgIpc) is 2.26. The third kappa shape index (κ3) is 3.51. The second kappa shape index (κ2) is 5.70. The number of piperidine rings is 1. The molecule has 0 saturated carbocycles. The van der Waals surface area contributed by atoms with E-state index in [1.54, 1.807) is 6.92 Å². The molecule has 1 saturated heterocycles. The normalized spacial score (nSPS) is 23.1. The van der Waals surface area contributed by atoms with E-state index in [1.807, 2.05) is 0 Å². The van der Waals surface area contributed by atoms with Crippen molar-refractivity contribution in [3.8, 4) is 0 Å². The summed E-state index contributed by atoms with van der Waals surface area (Å²) in [6.07, 6.45) is 3.31. The van der Waals surface area contributed by atoms with Crippen LogP contribution < -0.4 is 10.6 Å². The molecule has 0 bridgehead atoms. The van der Waals surface area contributed by atoms with Gasteiger partial charge in [0.25, 0.3) is 0 Å². The molecule has 86 valence electrons. The smallest absolute Gasteiger partial charge is 0.326 e. The molecule has 1 aliphatic heterocycles. The highest BCUT2D eigenvalue weighted by molar-refractivity contribution is 5.86. The third-order valence-corrected chi connectivity index (χ3v) is 2.65. The van der Waals surface area contributed by atoms with Crippen LogP contribution in [0.25, 0.3) is 0 Å². The Bertz CT molecular complexity index is 237. The first-order valence-corrected chi connectivity index (χ1v) is 5.41. The zero-order chi connectivity index (χ0) is 11.3. The molecule has 1 fully saturated rings. The van der Waals surface area contributed by atoms with Crippen LogP contribution in [0.4, 0.5) is 0 Å². The van der Waals surface area contributed by atoms with Gasteiger partial charge < -0.3 is 15.7 Å². The fourth-order valence-electron chi connectivity index (χ4n) is 1.69. The number of carboxylic acids is 1. The van der Waals surface area contributed by atoms with Crippen LogP contribution in [-0.2, 0) is 9.59 Å². The fraction of sp³-hybridized carbons (Fsp3) is 0.800. The van der Waals surface area contributed by atoms with E-state index in [9.17, 15) is 9.59 Å². The number of aliphatic carboxylic acids is 1. The summed E-state index contributed by atoms with van der Waals surface area (Å²) >= 11 is 0. The minimum Gasteiger partial charge on any atom is -0.480 e. The van der Waals surface area contributed by atoms with Gasteiger partial charge in [-0.25, -0.2) is 4.79 Å². The lowest BCUT2D eigenvalue weighted by Crippen LogP contribution is -2.51. The lowest BCUT2D eigenvalue weighted by atomic mass is 10.0. The van der Waals surface area contributed by atoms with Gasteiger partial charge in [0.05, 0.1) is 6.04 Å². The standard InChI is InChI=1S/C10H18N2O3/c1-2-7(10(14)15)12-9(13)8-5-3-4-6-11-8/h7-8,11H,2-6H2,1H3,(H,12,13)(H,14,15)/t7?,8-/m1/s1. The number of hydrogen-bond donors (Lipinski definition) is 3. The van der Waals surface area contributed by atoms with Gasteiger partial charge in [0.1, 0.15) is 6.04 Å². The first kappa shape index (κ1) is 12.0. The zero-order valence-electron chi connectivity index (χ0n) is 8.95. The van der Waals surface area contributed by atoms with Crippen molar-refractivity contribution >= 4 is 11.9 Å². The summed E-state index contributed by atoms with van der Waals surface area (Å²) in [6.45, 7) is 2.58. The number of carbonyl (C=O) groups is 2. The van der Waals surface area contributed by atoms with Gasteiger partial charge in [-0.2, -0.15) is 0 Å². The number of hydrogen-bond acceptors (Lipinski definition) is 3. The van der Waals surface area contributed by atoms with Crippen molar-refractivity contribution in [2.45, 2.75) is 44.7 Å². The minimum absolute atomic E-state index is 0.191. The Hall–Kier alpha value is -1.10. The summed E-state index contributed by atoms with van der Waals surface area (Å²) in [5.74, 6) is -1.16. The van der Waals surface area contributed by atoms with Crippen LogP contribution in [0.1, 0.15) is 32.6 Å². The molecule has 0 aliphatic carbocycles. The maximum absolute atomic E-state index is 11.6. The van der Waals surface area contributed by atoms with Crippen LogP contribution in [0.3, 0.4) is 0 Å². The molecule has 0 spiro atoms. The number of rotatable bonds is 4. The molecule has 15 heavy (non-hydrogen) atoms. The van der Waals surface area contributed by atoms with Crippen molar-refractivity contribution in [2.75, 3.05) is 6.54 Å². The van der Waals surface area contributed by atoms with Crippen LogP contribution in [0, 0.1) is 0 Å². The van der Waals surface area contributed by atoms with Crippen molar-refractivity contribution in [3.63, 3.8) is 0 Å². The van der Waals surface area contributed by atoms with E-state index < -0.39 is 12.0 Å². The largest absolute Gasteiger partial charge is 0.480 e. The molecule has 1 rings (SSSR count). The Morgan fingerprint density at radius 2 is 2.27 bits per heavy atom. The monoisotopic (exact) mass is 214 g/mol. The molecule has 2 atom stereocenters. The molecule has 0 radical (unpaired) electrons. The maximum Gasteiger partial charge on any atom is 0.326 e. The van der Waals surface area contributed by atoms with Crippen molar-refractivity contribution in [3.05, 3.63) is 0 Å². The number of amides is 1. The van der Waals surface area contributed by atoms with Gasteiger partial charge in [-0.1, -0.05) is 13.3 Å². The van der Waals surface area contributed by atoms with Crippen LogP contribution in [0.5, 0.6) is 0 Å². The summed E-state index contributed by atoms with van der Waals surface area (Å²) < 4.78 is 0. The first-order valence-electron chi connectivity index (χ1n) is 5.41. The van der Waals surface area contributed by atoms with E-state index in [1.165, 1.54) is 0 Å². The van der Waals surface area contributed by atoms with E-state index in [2.05, 4.69) is 10.6 Å². The Morgan fingerprint density at radius 3 is 2.73 bits per heavy atom. The van der Waals surface area contributed by atoms with E-state index in [0.29, 0.717) is 6.42 Å². The fourth-order valence-corrected chi connectivity index (χ4v) is 1.69. The highest BCUT2D eigenvalue weighted by Gasteiger charge is 2.24. The SMILES string of the molecule is CCC(NC(=O)[C@H]1CCCCN1)C(=O)O. The van der Waals surface area contributed by atoms with Crippen LogP contribution in [0.15, 0.2) is 0 Å². The second-order valence-electron chi connectivity index (χ2n) is 3.81. The first-order chi connectivity index (χ1) is 7.15. The van der Waals surface area contributed by atoms with Gasteiger partial charge in [0, 0.05) is 0 Å². The minimum atomic E-state index is -0.971. The number of carbonyl (C=O) groups excluding carboxylic acids is 1. The molecular formula is C10H18N2O3. The van der Waals surface area contributed by atoms with Crippen molar-refractivity contribution in [1.82, 2.24) is 10.6 Å². The zero-order valence-corrected chi connectivity index (χ0v) is 8.95. The summed E-state index contributed by atoms with van der Waals surface area (Å²) in [4.78, 5) is 22.3. The summed E-state index contributed by atoms with van der Waals surface area (Å²) in [5, 5.41) is 14.4. The van der Waals surface area contributed by atoms with E-state index in [-0.39, 0.29) is 11.9 Å². The number of carboxylic acid groups (broad SMARTS) is 1. The molecule has 1 unspecified atom stereocenters. The van der Waals surface area contributed by atoms with E-state index in [4.69, 9.17) is 5.11 Å². The maximum atomic E-state index is 11.6. The second-order valence-corrected chi connectivity index (χ2v) is 3.81. The van der Waals surface area contributed by atoms with Crippen molar-refractivity contribution < 1.29 is 14.7 Å². The third-order valence-electron chi connectivity index (χ3n) is 2.65. The van der Waals surface area contributed by atoms with Gasteiger partial charge >= 0.3 is 5.97 Å². The molecule has 1 amide bonds. The van der Waals surface area contributed by atoms with Gasteiger partial charge in [-0.3, -0.25) is 4.79 Å². The topological polar surface area (TPSA) is 78.4 Å². The molecule has 3 N–H and O–H groups in total. The molecule has 1 heterocycles. The predicted octanol–water partition coefficient (Wildman–Crippen LogP) is 0.108. The highest BCUT2D eigenvalue weighted by Crippen LogP contribution is 2.07. The highest BCUT2D eigenvalue weighted by atomic mass is 16.4. The summed E-state index contributed by atoms with van der Waals surface area (Å²) in [6, 6.07) is -0.978. The molecule has 5 heteroatoms. The molecule has 1 aliphatic rings. The summed E-state index contributed by atoms with van der Waals surface area (Å²) in [5.41, 5.74) is 0. The number of nitrogens with one attached hydrogen (secondary N) is 2. The molecule has 0 aromatic rings. The molecule has 0 aromatic heterocycles. The van der Waals surface area contributed by atoms with Crippen molar-refractivity contribution in [1.29, 1.82) is 0 Å². The van der Waals surface area contributed by atoms with E-state index in [0.717, 1.165) is 25.8 Å². The van der Waals surface area contributed by atoms with Gasteiger partial charge in [-0.15, -0.1) is 0 Å². The predicted molar refractivity (Wildman–Crippen MR) is 55.5 cm³/mol.